The molecule has 1 aromatic heterocycles. The van der Waals surface area contributed by atoms with E-state index in [-0.39, 0.29) is 15.7 Å². The molecule has 0 spiro atoms. The van der Waals surface area contributed by atoms with Gasteiger partial charge in [-0.15, -0.1) is 11.3 Å². The summed E-state index contributed by atoms with van der Waals surface area (Å²) >= 11 is 3.08. The van der Waals surface area contributed by atoms with Crippen molar-refractivity contribution in [2.45, 2.75) is 4.21 Å². The second-order valence-electron chi connectivity index (χ2n) is 3.66. The molecule has 0 bridgehead atoms. The van der Waals surface area contributed by atoms with E-state index < -0.39 is 10.0 Å². The highest BCUT2D eigenvalue weighted by Gasteiger charge is 2.15. The van der Waals surface area contributed by atoms with Gasteiger partial charge in [-0.05, 0) is 52.9 Å². The van der Waals surface area contributed by atoms with Gasteiger partial charge in [0.2, 0.25) is 10.0 Å². The van der Waals surface area contributed by atoms with Crippen LogP contribution in [0.15, 0.2) is 39.9 Å². The number of anilines is 1. The summed E-state index contributed by atoms with van der Waals surface area (Å²) in [5.41, 5.74) is 0.918. The summed E-state index contributed by atoms with van der Waals surface area (Å²) in [6, 6.07) is 8.53. The predicted octanol–water partition coefficient (Wildman–Crippen LogP) is 2.25. The fourth-order valence-electron chi connectivity index (χ4n) is 1.32. The van der Waals surface area contributed by atoms with E-state index in [4.69, 9.17) is 5.14 Å². The highest BCUT2D eigenvalue weighted by Crippen LogP contribution is 2.20. The van der Waals surface area contributed by atoms with Crippen molar-refractivity contribution >= 4 is 55.5 Å². The summed E-state index contributed by atoms with van der Waals surface area (Å²) in [6.45, 7) is 0. The zero-order chi connectivity index (χ0) is 14.0. The van der Waals surface area contributed by atoms with Gasteiger partial charge in [-0.25, -0.2) is 13.6 Å². The highest BCUT2D eigenvalue weighted by atomic mass is 127. The van der Waals surface area contributed by atoms with Crippen LogP contribution in [0.25, 0.3) is 0 Å². The van der Waals surface area contributed by atoms with Crippen LogP contribution >= 0.6 is 33.9 Å². The maximum absolute atomic E-state index is 11.9. The van der Waals surface area contributed by atoms with Crippen molar-refractivity contribution in [1.82, 2.24) is 0 Å². The molecule has 0 unspecified atom stereocenters. The zero-order valence-corrected chi connectivity index (χ0v) is 13.3. The van der Waals surface area contributed by atoms with Crippen molar-refractivity contribution in [3.8, 4) is 0 Å². The van der Waals surface area contributed by atoms with E-state index in [0.29, 0.717) is 5.69 Å². The third-order valence-electron chi connectivity index (χ3n) is 2.22. The van der Waals surface area contributed by atoms with E-state index in [1.807, 2.05) is 12.1 Å². The van der Waals surface area contributed by atoms with Crippen molar-refractivity contribution in [3.05, 3.63) is 44.8 Å². The molecule has 0 radical (unpaired) electrons. The fourth-order valence-corrected chi connectivity index (χ4v) is 3.27. The van der Waals surface area contributed by atoms with Gasteiger partial charge in [-0.2, -0.15) is 0 Å². The first-order valence-electron chi connectivity index (χ1n) is 5.04. The Morgan fingerprint density at radius 2 is 1.89 bits per heavy atom. The summed E-state index contributed by atoms with van der Waals surface area (Å²) in [5.74, 6) is -0.368. The number of amides is 1. The van der Waals surface area contributed by atoms with Crippen LogP contribution in [0.2, 0.25) is 0 Å². The smallest absolute Gasteiger partial charge is 0.256 e. The standard InChI is InChI=1S/C11H9IN2O3S2/c12-8-1-3-9(4-2-8)14-11(15)7-5-10(18-6-7)19(13,16)17/h1-6H,(H,14,15)(H2,13,16,17). The van der Waals surface area contributed by atoms with Gasteiger partial charge < -0.3 is 5.32 Å². The van der Waals surface area contributed by atoms with Crippen molar-refractivity contribution in [2.24, 2.45) is 5.14 Å². The third kappa shape index (κ3) is 3.75. The molecule has 2 aromatic rings. The van der Waals surface area contributed by atoms with Gasteiger partial charge in [0.25, 0.3) is 5.91 Å². The Labute approximate surface area is 128 Å². The maximum Gasteiger partial charge on any atom is 0.256 e. The van der Waals surface area contributed by atoms with Crippen LogP contribution in [0, 0.1) is 3.57 Å². The van der Waals surface area contributed by atoms with Crippen LogP contribution in [-0.4, -0.2) is 14.3 Å². The number of thiophene rings is 1. The zero-order valence-electron chi connectivity index (χ0n) is 9.46. The van der Waals surface area contributed by atoms with E-state index in [9.17, 15) is 13.2 Å². The molecule has 0 saturated heterocycles. The number of hydrogen-bond donors (Lipinski definition) is 2. The Kier molecular flexibility index (Phi) is 4.23. The summed E-state index contributed by atoms with van der Waals surface area (Å²) < 4.78 is 23.3. The van der Waals surface area contributed by atoms with Crippen LogP contribution in [0.5, 0.6) is 0 Å². The summed E-state index contributed by atoms with van der Waals surface area (Å²) in [6.07, 6.45) is 0. The topological polar surface area (TPSA) is 89.3 Å². The molecule has 3 N–H and O–H groups in total. The lowest BCUT2D eigenvalue weighted by Gasteiger charge is -2.03. The van der Waals surface area contributed by atoms with Crippen LogP contribution < -0.4 is 10.5 Å². The Morgan fingerprint density at radius 1 is 1.26 bits per heavy atom. The number of carbonyl (C=O) groups is 1. The van der Waals surface area contributed by atoms with Gasteiger partial charge in [-0.3, -0.25) is 4.79 Å². The largest absolute Gasteiger partial charge is 0.322 e. The minimum absolute atomic E-state index is 0.0275. The Balaban J connectivity index is 2.16. The second kappa shape index (κ2) is 5.57. The number of nitrogens with one attached hydrogen (secondary N) is 1. The maximum atomic E-state index is 11.9. The van der Waals surface area contributed by atoms with E-state index in [0.717, 1.165) is 14.9 Å². The second-order valence-corrected chi connectivity index (χ2v) is 7.61. The first kappa shape index (κ1) is 14.4. The predicted molar refractivity (Wildman–Crippen MR) is 82.8 cm³/mol. The lowest BCUT2D eigenvalue weighted by molar-refractivity contribution is 0.102. The van der Waals surface area contributed by atoms with Gasteiger partial charge in [0.1, 0.15) is 4.21 Å². The molecule has 0 atom stereocenters. The fraction of sp³-hybridized carbons (Fsp3) is 0. The van der Waals surface area contributed by atoms with Gasteiger partial charge in [-0.1, -0.05) is 0 Å². The number of carbonyl (C=O) groups excluding carboxylic acids is 1. The van der Waals surface area contributed by atoms with Crippen LogP contribution in [-0.2, 0) is 10.0 Å². The molecule has 0 fully saturated rings. The molecule has 1 aromatic carbocycles. The minimum Gasteiger partial charge on any atom is -0.322 e. The van der Waals surface area contributed by atoms with Crippen LogP contribution in [0.1, 0.15) is 10.4 Å². The number of sulfonamides is 1. The Morgan fingerprint density at radius 3 is 2.42 bits per heavy atom. The van der Waals surface area contributed by atoms with Crippen molar-refractivity contribution < 1.29 is 13.2 Å². The molecule has 5 nitrogen and oxygen atoms in total. The highest BCUT2D eigenvalue weighted by molar-refractivity contribution is 14.1. The number of rotatable bonds is 3. The van der Waals surface area contributed by atoms with Crippen LogP contribution in [0.4, 0.5) is 5.69 Å². The molecule has 1 amide bonds. The summed E-state index contributed by atoms with van der Waals surface area (Å²) in [7, 11) is -3.76. The molecule has 100 valence electrons. The average Bonchev–Trinajstić information content (AvgIpc) is 2.81. The van der Waals surface area contributed by atoms with Crippen molar-refractivity contribution in [1.29, 1.82) is 0 Å². The molecule has 2 rings (SSSR count). The SMILES string of the molecule is NS(=O)(=O)c1cc(C(=O)Nc2ccc(I)cc2)cs1. The van der Waals surface area contributed by atoms with Crippen LogP contribution in [0.3, 0.4) is 0 Å². The van der Waals surface area contributed by atoms with E-state index >= 15 is 0 Å². The molecule has 1 heterocycles. The van der Waals surface area contributed by atoms with Gasteiger partial charge in [0.15, 0.2) is 0 Å². The first-order valence-corrected chi connectivity index (χ1v) is 8.55. The van der Waals surface area contributed by atoms with E-state index in [1.165, 1.54) is 11.4 Å². The van der Waals surface area contributed by atoms with Crippen molar-refractivity contribution in [3.63, 3.8) is 0 Å². The molecule has 0 aliphatic heterocycles. The molecular formula is C11H9IN2O3S2. The number of hydrogen-bond acceptors (Lipinski definition) is 4. The Hall–Kier alpha value is -0.970. The quantitative estimate of drug-likeness (QED) is 0.764. The Bertz CT molecular complexity index is 708. The molecular weight excluding hydrogens is 399 g/mol. The monoisotopic (exact) mass is 408 g/mol. The number of primary sulfonamides is 1. The molecule has 0 aliphatic carbocycles. The summed E-state index contributed by atoms with van der Waals surface area (Å²) in [4.78, 5) is 11.9. The third-order valence-corrected chi connectivity index (χ3v) is 5.33. The first-order chi connectivity index (χ1) is 8.86. The molecule has 19 heavy (non-hydrogen) atoms. The molecule has 0 saturated carbocycles. The lowest BCUT2D eigenvalue weighted by Crippen LogP contribution is -2.12. The molecule has 0 aliphatic rings. The van der Waals surface area contributed by atoms with Crippen molar-refractivity contribution in [2.75, 3.05) is 5.32 Å². The van der Waals surface area contributed by atoms with E-state index in [2.05, 4.69) is 27.9 Å². The molecule has 8 heteroatoms. The van der Waals surface area contributed by atoms with Gasteiger partial charge in [0.05, 0.1) is 5.56 Å². The normalized spacial score (nSPS) is 11.3. The average molecular weight is 408 g/mol. The minimum atomic E-state index is -3.76. The number of halogens is 1. The van der Waals surface area contributed by atoms with Gasteiger partial charge in [0, 0.05) is 14.6 Å². The lowest BCUT2D eigenvalue weighted by atomic mass is 10.3. The van der Waals surface area contributed by atoms with Gasteiger partial charge >= 0.3 is 0 Å². The number of benzene rings is 1. The van der Waals surface area contributed by atoms with E-state index in [1.54, 1.807) is 12.1 Å². The summed E-state index contributed by atoms with van der Waals surface area (Å²) in [5, 5.41) is 9.13. The number of nitrogens with two attached hydrogens (primary N) is 1.